The van der Waals surface area contributed by atoms with E-state index >= 15 is 0 Å². The fourth-order valence-corrected chi connectivity index (χ4v) is 1.29. The molecule has 1 heterocycles. The van der Waals surface area contributed by atoms with Gasteiger partial charge in [-0.25, -0.2) is 0 Å². The van der Waals surface area contributed by atoms with E-state index in [1.54, 1.807) is 11.3 Å². The third-order valence-electron chi connectivity index (χ3n) is 1.12. The first-order valence-electron chi connectivity index (χ1n) is 3.34. The maximum Gasteiger partial charge on any atom is -0.00934 e. The van der Waals surface area contributed by atoms with E-state index in [0.717, 1.165) is 10.9 Å². The summed E-state index contributed by atoms with van der Waals surface area (Å²) in [6.07, 6.45) is 6.95. The molecule has 0 spiro atoms. The van der Waals surface area contributed by atoms with Gasteiger partial charge < -0.3 is 0 Å². The van der Waals surface area contributed by atoms with E-state index in [1.165, 1.54) is 0 Å². The maximum atomic E-state index is 4.93. The maximum absolute atomic E-state index is 4.93. The largest absolute Gasteiger partial charge is 0.152 e. The third-order valence-corrected chi connectivity index (χ3v) is 2.10. The summed E-state index contributed by atoms with van der Waals surface area (Å²) >= 11 is 6.65. The third kappa shape index (κ3) is 4.20. The first-order valence-corrected chi connectivity index (χ1v) is 4.75. The Balaban J connectivity index is 0.000000112. The number of allylic oxidation sites excluding steroid dienone is 4. The van der Waals surface area contributed by atoms with Crippen LogP contribution in [0.15, 0.2) is 45.6 Å². The van der Waals surface area contributed by atoms with Crippen molar-refractivity contribution in [1.29, 1.82) is 0 Å². The van der Waals surface area contributed by atoms with Crippen LogP contribution >= 0.6 is 11.3 Å². The van der Waals surface area contributed by atoms with Gasteiger partial charge in [-0.1, -0.05) is 12.1 Å². The Labute approximate surface area is 79.5 Å². The van der Waals surface area contributed by atoms with Crippen LogP contribution in [0.5, 0.6) is 0 Å². The molecule has 0 N–H and O–H groups in total. The van der Waals surface area contributed by atoms with Crippen LogP contribution in [-0.4, -0.2) is 0 Å². The van der Waals surface area contributed by atoms with Crippen LogP contribution < -0.4 is 0 Å². The van der Waals surface area contributed by atoms with Crippen LogP contribution in [0.25, 0.3) is 0 Å². The molecular formula is C9H9CuS. The van der Waals surface area contributed by atoms with Gasteiger partial charge in [0.25, 0.3) is 0 Å². The first-order chi connectivity index (χ1) is 5.39. The topological polar surface area (TPSA) is 0 Å². The Morgan fingerprint density at radius 2 is 2.00 bits per heavy atom. The molecule has 1 aromatic rings. The Kier molecular flexibility index (Phi) is 4.29. The second-order valence-electron chi connectivity index (χ2n) is 1.99. The molecular weight excluding hydrogens is 204 g/mol. The molecule has 0 aliphatic heterocycles. The van der Waals surface area contributed by atoms with E-state index < -0.39 is 0 Å². The molecule has 0 radical (unpaired) electrons. The molecule has 0 fully saturated rings. The zero-order valence-electron chi connectivity index (χ0n) is 5.96. The van der Waals surface area contributed by atoms with Crippen molar-refractivity contribution in [2.45, 2.75) is 6.42 Å². The smallest absolute Gasteiger partial charge is 0.00934 e. The fraction of sp³-hybridized carbons (Fsp3) is 0.111. The average molecular weight is 213 g/mol. The van der Waals surface area contributed by atoms with Gasteiger partial charge in [0.1, 0.15) is 0 Å². The van der Waals surface area contributed by atoms with Crippen LogP contribution in [0.2, 0.25) is 0 Å². The fourth-order valence-electron chi connectivity index (χ4n) is 0.632. The molecule has 0 nitrogen and oxygen atoms in total. The number of rotatable bonds is 0. The average Bonchev–Trinajstić information content (AvgIpc) is 2.57. The summed E-state index contributed by atoms with van der Waals surface area (Å²) in [5.74, 6) is 0. The van der Waals surface area contributed by atoms with Crippen LogP contribution in [0.4, 0.5) is 0 Å². The van der Waals surface area contributed by atoms with Crippen molar-refractivity contribution in [2.24, 2.45) is 0 Å². The quantitative estimate of drug-likeness (QED) is 0.580. The van der Waals surface area contributed by atoms with Crippen molar-refractivity contribution in [3.8, 4) is 0 Å². The Hall–Kier alpha value is -0.301. The molecule has 0 amide bonds. The van der Waals surface area contributed by atoms with E-state index in [0.29, 0.717) is 0 Å². The number of thiophene rings is 1. The first kappa shape index (κ1) is 8.79. The van der Waals surface area contributed by atoms with Crippen molar-refractivity contribution in [3.05, 3.63) is 45.6 Å². The SMILES string of the molecule is [Cu][C]1=CC=CC1.c1ccsc1. The molecule has 1 aliphatic carbocycles. The summed E-state index contributed by atoms with van der Waals surface area (Å²) in [4.78, 5) is 0. The van der Waals surface area contributed by atoms with Gasteiger partial charge in [-0.15, -0.1) is 0 Å². The van der Waals surface area contributed by atoms with Crippen LogP contribution in [-0.2, 0) is 16.0 Å². The molecule has 0 aromatic carbocycles. The van der Waals surface area contributed by atoms with Gasteiger partial charge in [0, 0.05) is 0 Å². The number of hydrogen-bond acceptors (Lipinski definition) is 1. The monoisotopic (exact) mass is 212 g/mol. The molecule has 1 aliphatic rings. The molecule has 0 unspecified atom stereocenters. The van der Waals surface area contributed by atoms with E-state index in [1.807, 2.05) is 35.0 Å². The zero-order valence-corrected chi connectivity index (χ0v) is 7.72. The summed E-state index contributed by atoms with van der Waals surface area (Å²) in [6.45, 7) is 0. The van der Waals surface area contributed by atoms with Crippen LogP contribution in [0.1, 0.15) is 6.42 Å². The van der Waals surface area contributed by atoms with Gasteiger partial charge in [-0.05, 0) is 10.8 Å². The van der Waals surface area contributed by atoms with Crippen LogP contribution in [0.3, 0.4) is 0 Å². The molecule has 2 rings (SSSR count). The minimum absolute atomic E-state index is 0.972. The minimum Gasteiger partial charge on any atom is -0.152 e. The van der Waals surface area contributed by atoms with Gasteiger partial charge in [-0.2, -0.15) is 11.3 Å². The van der Waals surface area contributed by atoms with Crippen molar-refractivity contribution in [3.63, 3.8) is 0 Å². The zero-order chi connectivity index (χ0) is 7.94. The predicted molar refractivity (Wildman–Crippen MR) is 46.2 cm³/mol. The van der Waals surface area contributed by atoms with Crippen LogP contribution in [0, 0.1) is 0 Å². The summed E-state index contributed by atoms with van der Waals surface area (Å²) < 4.78 is 1.03. The Morgan fingerprint density at radius 3 is 2.18 bits per heavy atom. The van der Waals surface area contributed by atoms with Gasteiger partial charge in [0.2, 0.25) is 0 Å². The predicted octanol–water partition coefficient (Wildman–Crippen LogP) is 3.13. The Bertz CT molecular complexity index is 217. The molecule has 2 heteroatoms. The van der Waals surface area contributed by atoms with Gasteiger partial charge in [-0.3, -0.25) is 0 Å². The van der Waals surface area contributed by atoms with E-state index in [4.69, 9.17) is 16.0 Å². The van der Waals surface area contributed by atoms with Gasteiger partial charge in [0.05, 0.1) is 0 Å². The second-order valence-corrected chi connectivity index (χ2v) is 3.41. The molecule has 0 bridgehead atoms. The molecule has 62 valence electrons. The van der Waals surface area contributed by atoms with E-state index in [9.17, 15) is 0 Å². The standard InChI is InChI=1S/C5H5.C4H4S.Cu/c2*1-2-4-5-3-1;/h1-3H,4H2;1-4H;. The minimum atomic E-state index is 0.972. The molecule has 0 saturated heterocycles. The van der Waals surface area contributed by atoms with E-state index in [-0.39, 0.29) is 0 Å². The van der Waals surface area contributed by atoms with Crippen molar-refractivity contribution < 1.29 is 16.0 Å². The van der Waals surface area contributed by atoms with Gasteiger partial charge in [0.15, 0.2) is 0 Å². The summed E-state index contributed by atoms with van der Waals surface area (Å²) in [7, 11) is 0. The molecule has 11 heavy (non-hydrogen) atoms. The molecule has 1 aromatic heterocycles. The summed E-state index contributed by atoms with van der Waals surface area (Å²) in [5.41, 5.74) is 0. The number of hydrogen-bond donors (Lipinski definition) is 0. The second kappa shape index (κ2) is 5.36. The van der Waals surface area contributed by atoms with Crippen molar-refractivity contribution >= 4 is 11.3 Å². The summed E-state index contributed by atoms with van der Waals surface area (Å²) in [6, 6.07) is 4.04. The van der Waals surface area contributed by atoms with E-state index in [2.05, 4.69) is 6.08 Å². The molecule has 0 atom stereocenters. The van der Waals surface area contributed by atoms with Crippen molar-refractivity contribution in [1.82, 2.24) is 0 Å². The Morgan fingerprint density at radius 1 is 1.27 bits per heavy atom. The summed E-state index contributed by atoms with van der Waals surface area (Å²) in [5, 5.41) is 4.08. The van der Waals surface area contributed by atoms with Gasteiger partial charge >= 0.3 is 45.1 Å². The normalized spacial score (nSPS) is 13.8. The van der Waals surface area contributed by atoms with Crippen molar-refractivity contribution in [2.75, 3.05) is 0 Å². The molecule has 0 saturated carbocycles.